The van der Waals surface area contributed by atoms with E-state index in [0.29, 0.717) is 39.2 Å². The van der Waals surface area contributed by atoms with E-state index in [-0.39, 0.29) is 17.7 Å². The van der Waals surface area contributed by atoms with Crippen molar-refractivity contribution in [3.8, 4) is 16.9 Å². The van der Waals surface area contributed by atoms with Gasteiger partial charge in [-0.1, -0.05) is 120 Å². The highest BCUT2D eigenvalue weighted by Gasteiger charge is 2.32. The number of esters is 2. The average molecular weight is 702 g/mol. The molecular formula is C41H55N3O5S. The van der Waals surface area contributed by atoms with Gasteiger partial charge in [0.25, 0.3) is 0 Å². The Hall–Kier alpha value is -3.85. The number of methoxy groups -OCH3 is 2. The predicted octanol–water partition coefficient (Wildman–Crippen LogP) is 10.8. The van der Waals surface area contributed by atoms with Crippen molar-refractivity contribution in [1.82, 2.24) is 15.0 Å². The van der Waals surface area contributed by atoms with E-state index < -0.39 is 11.9 Å². The van der Waals surface area contributed by atoms with Gasteiger partial charge in [0.05, 0.1) is 54.4 Å². The molecule has 270 valence electrons. The third-order valence-corrected chi connectivity index (χ3v) is 10.1. The lowest BCUT2D eigenvalue weighted by Gasteiger charge is -2.22. The van der Waals surface area contributed by atoms with Crippen molar-refractivity contribution in [3.63, 3.8) is 0 Å². The highest BCUT2D eigenvalue weighted by Crippen LogP contribution is 2.42. The fourth-order valence-corrected chi connectivity index (χ4v) is 7.43. The number of thioether (sulfide) groups is 1. The minimum absolute atomic E-state index is 0.174. The van der Waals surface area contributed by atoms with Gasteiger partial charge in [-0.25, -0.2) is 14.6 Å². The first-order chi connectivity index (χ1) is 24.4. The fraction of sp³-hybridized carbons (Fsp3) is 0.512. The van der Waals surface area contributed by atoms with Crippen LogP contribution in [-0.2, 0) is 21.6 Å². The molecular weight excluding hydrogens is 647 g/mol. The highest BCUT2D eigenvalue weighted by atomic mass is 32.2. The summed E-state index contributed by atoms with van der Waals surface area (Å²) in [5.41, 5.74) is 5.41. The van der Waals surface area contributed by atoms with Gasteiger partial charge in [-0.2, -0.15) is 0 Å². The van der Waals surface area contributed by atoms with Gasteiger partial charge in [-0.3, -0.25) is 4.98 Å². The first-order valence-electron chi connectivity index (χ1n) is 18.5. The summed E-state index contributed by atoms with van der Waals surface area (Å²) in [4.78, 5) is 40.2. The number of hydrogen-bond donors (Lipinski definition) is 1. The molecule has 50 heavy (non-hydrogen) atoms. The summed E-state index contributed by atoms with van der Waals surface area (Å²) >= 11 is 1.44. The predicted molar refractivity (Wildman–Crippen MR) is 203 cm³/mol. The number of benzene rings is 2. The topological polar surface area (TPSA) is 103 Å². The smallest absolute Gasteiger partial charge is 0.340 e. The van der Waals surface area contributed by atoms with Gasteiger partial charge in [0, 0.05) is 16.9 Å². The SMILES string of the molecule is CCCCCCCCCCCCCCCc1cccc(OC)c1-c1c(C(=O)OC)c(C)nc(CSc2nc3ccccc3[nH]2)c1C(=O)OCC. The molecule has 0 spiro atoms. The van der Waals surface area contributed by atoms with Gasteiger partial charge >= 0.3 is 11.9 Å². The molecule has 0 saturated carbocycles. The van der Waals surface area contributed by atoms with Gasteiger partial charge in [0.2, 0.25) is 0 Å². The summed E-state index contributed by atoms with van der Waals surface area (Å²) in [5, 5.41) is 0.708. The first-order valence-corrected chi connectivity index (χ1v) is 19.4. The number of nitrogens with one attached hydrogen (secondary N) is 1. The lowest BCUT2D eigenvalue weighted by atomic mass is 9.87. The normalized spacial score (nSPS) is 11.2. The molecule has 0 radical (unpaired) electrons. The zero-order chi connectivity index (χ0) is 35.7. The lowest BCUT2D eigenvalue weighted by Crippen LogP contribution is -2.18. The number of aromatic nitrogens is 3. The molecule has 0 amide bonds. The zero-order valence-electron chi connectivity index (χ0n) is 30.7. The number of rotatable bonds is 22. The largest absolute Gasteiger partial charge is 0.496 e. The number of unbranched alkanes of at least 4 members (excludes halogenated alkanes) is 12. The van der Waals surface area contributed by atoms with Gasteiger partial charge in [0.1, 0.15) is 5.75 Å². The average Bonchev–Trinajstić information content (AvgIpc) is 3.55. The molecule has 8 nitrogen and oxygen atoms in total. The Morgan fingerprint density at radius 2 is 1.40 bits per heavy atom. The van der Waals surface area contributed by atoms with Crippen molar-refractivity contribution in [2.45, 2.75) is 122 Å². The van der Waals surface area contributed by atoms with E-state index in [1.54, 1.807) is 21.0 Å². The monoisotopic (exact) mass is 701 g/mol. The Labute approximate surface area is 302 Å². The molecule has 0 aliphatic carbocycles. The Morgan fingerprint density at radius 1 is 0.740 bits per heavy atom. The van der Waals surface area contributed by atoms with Crippen LogP contribution in [0.15, 0.2) is 47.6 Å². The number of para-hydroxylation sites is 2. The maximum absolute atomic E-state index is 13.9. The number of fused-ring (bicyclic) bond motifs is 1. The second-order valence-electron chi connectivity index (χ2n) is 12.8. The van der Waals surface area contributed by atoms with Gasteiger partial charge in [-0.05, 0) is 50.5 Å². The third kappa shape index (κ3) is 10.6. The summed E-state index contributed by atoms with van der Waals surface area (Å²) in [5.74, 6) is -0.204. The molecule has 0 bridgehead atoms. The van der Waals surface area contributed by atoms with Crippen molar-refractivity contribution >= 4 is 34.7 Å². The Balaban J connectivity index is 1.59. The van der Waals surface area contributed by atoms with Crippen LogP contribution in [-0.4, -0.2) is 47.7 Å². The minimum Gasteiger partial charge on any atom is -0.496 e. The van der Waals surface area contributed by atoms with Crippen LogP contribution in [0.25, 0.3) is 22.2 Å². The van der Waals surface area contributed by atoms with Crippen LogP contribution >= 0.6 is 11.8 Å². The maximum atomic E-state index is 13.9. The fourth-order valence-electron chi connectivity index (χ4n) is 6.60. The summed E-state index contributed by atoms with van der Waals surface area (Å²) in [6.07, 6.45) is 17.4. The van der Waals surface area contributed by atoms with Crippen molar-refractivity contribution in [3.05, 3.63) is 70.5 Å². The Morgan fingerprint density at radius 3 is 2.02 bits per heavy atom. The van der Waals surface area contributed by atoms with Crippen LogP contribution in [0.3, 0.4) is 0 Å². The Bertz CT molecular complexity index is 1650. The number of nitrogens with zero attached hydrogens (tertiary/aromatic N) is 2. The van der Waals surface area contributed by atoms with Crippen LogP contribution in [0, 0.1) is 6.92 Å². The third-order valence-electron chi connectivity index (χ3n) is 9.17. The molecule has 2 aromatic heterocycles. The minimum atomic E-state index is -0.565. The summed E-state index contributed by atoms with van der Waals surface area (Å²) in [6.45, 7) is 5.99. The van der Waals surface area contributed by atoms with E-state index in [1.807, 2.05) is 36.4 Å². The van der Waals surface area contributed by atoms with E-state index in [2.05, 4.69) is 18.0 Å². The molecule has 4 rings (SSSR count). The number of hydrogen-bond acceptors (Lipinski definition) is 8. The summed E-state index contributed by atoms with van der Waals surface area (Å²) in [6, 6.07) is 13.7. The maximum Gasteiger partial charge on any atom is 0.340 e. The number of aryl methyl sites for hydroxylation is 2. The molecule has 1 N–H and O–H groups in total. The molecule has 2 aromatic carbocycles. The van der Waals surface area contributed by atoms with Gasteiger partial charge < -0.3 is 19.2 Å². The Kier molecular flexibility index (Phi) is 16.1. The van der Waals surface area contributed by atoms with Crippen LogP contribution in [0.1, 0.15) is 135 Å². The number of ether oxygens (including phenoxy) is 3. The van der Waals surface area contributed by atoms with E-state index in [4.69, 9.17) is 24.2 Å². The molecule has 0 saturated heterocycles. The van der Waals surface area contributed by atoms with Crippen molar-refractivity contribution in [1.29, 1.82) is 0 Å². The summed E-state index contributed by atoms with van der Waals surface area (Å²) < 4.78 is 16.8. The molecule has 0 aliphatic rings. The van der Waals surface area contributed by atoms with Crippen molar-refractivity contribution in [2.75, 3.05) is 20.8 Å². The molecule has 9 heteroatoms. The number of H-pyrrole nitrogens is 1. The highest BCUT2D eigenvalue weighted by molar-refractivity contribution is 7.98. The number of imidazole rings is 1. The van der Waals surface area contributed by atoms with E-state index in [9.17, 15) is 9.59 Å². The van der Waals surface area contributed by atoms with E-state index >= 15 is 0 Å². The van der Waals surface area contributed by atoms with Crippen LogP contribution in [0.4, 0.5) is 0 Å². The molecule has 2 heterocycles. The number of aromatic amines is 1. The van der Waals surface area contributed by atoms with E-state index in [0.717, 1.165) is 35.9 Å². The molecule has 4 aromatic rings. The number of pyridine rings is 1. The van der Waals surface area contributed by atoms with Gasteiger partial charge in [-0.15, -0.1) is 0 Å². The van der Waals surface area contributed by atoms with Crippen molar-refractivity contribution < 1.29 is 23.8 Å². The molecule has 0 fully saturated rings. The van der Waals surface area contributed by atoms with E-state index in [1.165, 1.54) is 89.5 Å². The molecule has 0 atom stereocenters. The van der Waals surface area contributed by atoms with Crippen molar-refractivity contribution in [2.24, 2.45) is 0 Å². The molecule has 0 aliphatic heterocycles. The van der Waals surface area contributed by atoms with Gasteiger partial charge in [0.15, 0.2) is 5.16 Å². The quantitative estimate of drug-likeness (QED) is 0.0490. The first kappa shape index (κ1) is 38.9. The second kappa shape index (κ2) is 20.7. The molecule has 0 unspecified atom stereocenters. The standard InChI is InChI=1S/C41H55N3O5S/c1-6-8-9-10-11-12-13-14-15-16-17-18-19-23-30-24-22-27-34(47-4)36(30)38-35(39(45)48-5)29(3)42-33(37(38)40(46)49-7-2)28-50-41-43-31-25-20-21-26-32(31)44-41/h20-22,24-27H,6-19,23,28H2,1-5H3,(H,43,44). The zero-order valence-corrected chi connectivity index (χ0v) is 31.5. The number of carbonyl (C=O) groups is 2. The van der Waals surface area contributed by atoms with Crippen LogP contribution in [0.2, 0.25) is 0 Å². The van der Waals surface area contributed by atoms with Crippen LogP contribution in [0.5, 0.6) is 5.75 Å². The second-order valence-corrected chi connectivity index (χ2v) is 13.8. The lowest BCUT2D eigenvalue weighted by molar-refractivity contribution is 0.0525. The number of carbonyl (C=O) groups excluding carboxylic acids is 2. The summed E-state index contributed by atoms with van der Waals surface area (Å²) in [7, 11) is 2.96. The van der Waals surface area contributed by atoms with Crippen LogP contribution < -0.4 is 4.74 Å².